The van der Waals surface area contributed by atoms with Crippen LogP contribution in [-0.4, -0.2) is 34.2 Å². The van der Waals surface area contributed by atoms with Gasteiger partial charge in [0.2, 0.25) is 0 Å². The van der Waals surface area contributed by atoms with Gasteiger partial charge in [-0.15, -0.1) is 0 Å². The van der Waals surface area contributed by atoms with E-state index >= 15 is 0 Å². The molecule has 1 aliphatic rings. The number of nitrogens with two attached hydrogens (primary N) is 1. The molecule has 5 nitrogen and oxygen atoms in total. The van der Waals surface area contributed by atoms with Crippen LogP contribution in [0.2, 0.25) is 0 Å². The summed E-state index contributed by atoms with van der Waals surface area (Å²) in [6, 6.07) is 3.92. The molecule has 0 radical (unpaired) electrons. The molecule has 106 valence electrons. The number of anilines is 2. The van der Waals surface area contributed by atoms with Crippen LogP contribution in [0.15, 0.2) is 24.5 Å². The molecule has 6 heteroatoms. The van der Waals surface area contributed by atoms with Crippen LogP contribution in [0, 0.1) is 5.92 Å². The molecule has 0 aliphatic carbocycles. The van der Waals surface area contributed by atoms with E-state index in [1.165, 1.54) is 11.5 Å². The van der Waals surface area contributed by atoms with E-state index in [1.54, 1.807) is 6.20 Å². The third-order valence-corrected chi connectivity index (χ3v) is 4.73. The van der Waals surface area contributed by atoms with Gasteiger partial charge in [0.15, 0.2) is 0 Å². The number of hydrogen-bond donors (Lipinski definition) is 2. The van der Waals surface area contributed by atoms with Crippen LogP contribution in [0.1, 0.15) is 12.8 Å². The molecule has 1 aliphatic heterocycles. The van der Waals surface area contributed by atoms with Gasteiger partial charge < -0.3 is 15.7 Å². The lowest BCUT2D eigenvalue weighted by molar-refractivity contribution is 0.203. The van der Waals surface area contributed by atoms with Crippen LogP contribution in [0.3, 0.4) is 0 Å². The van der Waals surface area contributed by atoms with Crippen LogP contribution < -0.4 is 10.6 Å². The third-order valence-electron chi connectivity index (χ3n) is 3.81. The highest BCUT2D eigenvalue weighted by atomic mass is 32.1. The van der Waals surface area contributed by atoms with Gasteiger partial charge in [0.1, 0.15) is 10.8 Å². The standard InChI is InChI=1S/C14H18N4OS/c15-13-12(11-2-1-5-16-8-11)14(20-17-13)18-6-3-10(9-19)4-7-18/h1-2,5,8,10,19H,3-4,6-7,9H2,(H2,15,17). The third kappa shape index (κ3) is 2.48. The zero-order valence-corrected chi connectivity index (χ0v) is 12.0. The summed E-state index contributed by atoms with van der Waals surface area (Å²) in [5.74, 6) is 1.00. The highest BCUT2D eigenvalue weighted by Crippen LogP contribution is 2.40. The van der Waals surface area contributed by atoms with Crippen molar-refractivity contribution >= 4 is 22.4 Å². The van der Waals surface area contributed by atoms with Gasteiger partial charge in [0.25, 0.3) is 0 Å². The highest BCUT2D eigenvalue weighted by Gasteiger charge is 2.24. The van der Waals surface area contributed by atoms with Gasteiger partial charge in [-0.05, 0) is 36.4 Å². The van der Waals surface area contributed by atoms with Crippen LogP contribution in [0.25, 0.3) is 11.1 Å². The van der Waals surface area contributed by atoms with Crippen LogP contribution in [-0.2, 0) is 0 Å². The van der Waals surface area contributed by atoms with E-state index in [-0.39, 0.29) is 6.61 Å². The second kappa shape index (κ2) is 5.76. The van der Waals surface area contributed by atoms with Gasteiger partial charge in [0, 0.05) is 37.7 Å². The van der Waals surface area contributed by atoms with Crippen LogP contribution in [0.4, 0.5) is 10.8 Å². The van der Waals surface area contributed by atoms with Crippen LogP contribution >= 0.6 is 11.5 Å². The van der Waals surface area contributed by atoms with Gasteiger partial charge in [-0.25, -0.2) is 0 Å². The summed E-state index contributed by atoms with van der Waals surface area (Å²) in [5, 5.41) is 10.3. The second-order valence-electron chi connectivity index (χ2n) is 5.10. The maximum absolute atomic E-state index is 9.23. The lowest BCUT2D eigenvalue weighted by Crippen LogP contribution is -2.34. The van der Waals surface area contributed by atoms with Gasteiger partial charge >= 0.3 is 0 Å². The lowest BCUT2D eigenvalue weighted by atomic mass is 9.97. The van der Waals surface area contributed by atoms with E-state index in [4.69, 9.17) is 5.73 Å². The fourth-order valence-electron chi connectivity index (χ4n) is 2.61. The Morgan fingerprint density at radius 3 is 2.85 bits per heavy atom. The Morgan fingerprint density at radius 2 is 2.20 bits per heavy atom. The van der Waals surface area contributed by atoms with Gasteiger partial charge in [-0.3, -0.25) is 4.98 Å². The van der Waals surface area contributed by atoms with Gasteiger partial charge in [-0.1, -0.05) is 6.07 Å². The number of piperidine rings is 1. The average Bonchev–Trinajstić information content (AvgIpc) is 2.90. The minimum absolute atomic E-state index is 0.286. The highest BCUT2D eigenvalue weighted by molar-refractivity contribution is 7.11. The number of aliphatic hydroxyl groups excluding tert-OH is 1. The normalized spacial score (nSPS) is 16.6. The minimum Gasteiger partial charge on any atom is -0.396 e. The quantitative estimate of drug-likeness (QED) is 0.904. The number of pyridine rings is 1. The lowest BCUT2D eigenvalue weighted by Gasteiger charge is -2.32. The summed E-state index contributed by atoms with van der Waals surface area (Å²) in [6.45, 7) is 2.17. The zero-order chi connectivity index (χ0) is 13.9. The Kier molecular flexibility index (Phi) is 3.84. The summed E-state index contributed by atoms with van der Waals surface area (Å²) < 4.78 is 4.31. The molecular weight excluding hydrogens is 272 g/mol. The molecule has 0 amide bonds. The topological polar surface area (TPSA) is 75.3 Å². The Labute approximate surface area is 122 Å². The first kappa shape index (κ1) is 13.3. The number of rotatable bonds is 3. The Hall–Kier alpha value is -1.66. The second-order valence-corrected chi connectivity index (χ2v) is 5.85. The Bertz CT molecular complexity index is 564. The molecule has 3 heterocycles. The molecular formula is C14H18N4OS. The number of aliphatic hydroxyl groups is 1. The largest absolute Gasteiger partial charge is 0.396 e. The van der Waals surface area contributed by atoms with Crippen molar-refractivity contribution in [2.75, 3.05) is 30.3 Å². The number of nitrogens with zero attached hydrogens (tertiary/aromatic N) is 3. The molecule has 0 spiro atoms. The summed E-state index contributed by atoms with van der Waals surface area (Å²) in [6.07, 6.45) is 5.61. The van der Waals surface area contributed by atoms with Crippen molar-refractivity contribution in [3.63, 3.8) is 0 Å². The first-order chi connectivity index (χ1) is 9.79. The van der Waals surface area contributed by atoms with E-state index in [2.05, 4.69) is 14.3 Å². The van der Waals surface area contributed by atoms with Crippen molar-refractivity contribution in [3.05, 3.63) is 24.5 Å². The Balaban J connectivity index is 1.88. The molecule has 0 bridgehead atoms. The molecule has 2 aromatic heterocycles. The fourth-order valence-corrected chi connectivity index (χ4v) is 3.50. The van der Waals surface area contributed by atoms with Gasteiger partial charge in [0.05, 0.1) is 5.56 Å². The smallest absolute Gasteiger partial charge is 0.147 e. The van der Waals surface area contributed by atoms with Crippen molar-refractivity contribution in [1.82, 2.24) is 9.36 Å². The molecule has 20 heavy (non-hydrogen) atoms. The SMILES string of the molecule is Nc1nsc(N2CCC(CO)CC2)c1-c1cccnc1. The van der Waals surface area contributed by atoms with Crippen LogP contribution in [0.5, 0.6) is 0 Å². The summed E-state index contributed by atoms with van der Waals surface area (Å²) in [4.78, 5) is 6.48. The van der Waals surface area contributed by atoms with Crippen molar-refractivity contribution in [2.24, 2.45) is 5.92 Å². The van der Waals surface area contributed by atoms with E-state index < -0.39 is 0 Å². The van der Waals surface area contributed by atoms with E-state index in [0.29, 0.717) is 11.7 Å². The molecule has 3 N–H and O–H groups in total. The van der Waals surface area contributed by atoms with E-state index in [9.17, 15) is 5.11 Å². The number of aromatic nitrogens is 2. The predicted molar refractivity (Wildman–Crippen MR) is 81.8 cm³/mol. The molecule has 1 fully saturated rings. The van der Waals surface area contributed by atoms with Gasteiger partial charge in [-0.2, -0.15) is 4.37 Å². The predicted octanol–water partition coefficient (Wildman–Crippen LogP) is 2.00. The summed E-state index contributed by atoms with van der Waals surface area (Å²) >= 11 is 1.45. The van der Waals surface area contributed by atoms with Crippen molar-refractivity contribution in [2.45, 2.75) is 12.8 Å². The monoisotopic (exact) mass is 290 g/mol. The molecule has 0 aromatic carbocycles. The maximum atomic E-state index is 9.23. The Morgan fingerprint density at radius 1 is 1.40 bits per heavy atom. The molecule has 3 rings (SSSR count). The van der Waals surface area contributed by atoms with Crippen molar-refractivity contribution in [1.29, 1.82) is 0 Å². The van der Waals surface area contributed by atoms with Crippen molar-refractivity contribution < 1.29 is 5.11 Å². The average molecular weight is 290 g/mol. The summed E-state index contributed by atoms with van der Waals surface area (Å²) in [7, 11) is 0. The zero-order valence-electron chi connectivity index (χ0n) is 11.2. The molecule has 1 saturated heterocycles. The molecule has 0 unspecified atom stereocenters. The van der Waals surface area contributed by atoms with E-state index in [0.717, 1.165) is 42.1 Å². The fraction of sp³-hybridized carbons (Fsp3) is 0.429. The molecule has 0 atom stereocenters. The minimum atomic E-state index is 0.286. The number of nitrogen functional groups attached to an aromatic ring is 1. The maximum Gasteiger partial charge on any atom is 0.147 e. The van der Waals surface area contributed by atoms with Crippen molar-refractivity contribution in [3.8, 4) is 11.1 Å². The summed E-state index contributed by atoms with van der Waals surface area (Å²) in [5.41, 5.74) is 8.04. The van der Waals surface area contributed by atoms with E-state index in [1.807, 2.05) is 18.3 Å². The molecule has 0 saturated carbocycles. The molecule has 2 aromatic rings. The first-order valence-corrected chi connectivity index (χ1v) is 7.58. The first-order valence-electron chi connectivity index (χ1n) is 6.81. The number of hydrogen-bond acceptors (Lipinski definition) is 6.